The first kappa shape index (κ1) is 10.4. The highest BCUT2D eigenvalue weighted by molar-refractivity contribution is 8.04. The van der Waals surface area contributed by atoms with Crippen molar-refractivity contribution in [2.45, 2.75) is 25.5 Å². The van der Waals surface area contributed by atoms with Crippen LogP contribution in [-0.2, 0) is 0 Å². The summed E-state index contributed by atoms with van der Waals surface area (Å²) in [5, 5.41) is 6.92. The first-order valence-corrected chi connectivity index (χ1v) is 3.83. The standard InChI is InChI=1S/C7H9F2NS/c1-7(2,3)11-6(9)5(8)4-10/h1-3H3/b6-5-. The lowest BCUT2D eigenvalue weighted by atomic mass is 10.3. The molecule has 0 aliphatic carbocycles. The minimum absolute atomic E-state index is 0.404. The molecule has 0 saturated carbocycles. The molecule has 0 aromatic rings. The summed E-state index contributed by atoms with van der Waals surface area (Å²) < 4.78 is 24.3. The molecule has 0 rings (SSSR count). The Morgan fingerprint density at radius 3 is 2.09 bits per heavy atom. The lowest BCUT2D eigenvalue weighted by Crippen LogP contribution is -2.06. The fraction of sp³-hybridized carbons (Fsp3) is 0.571. The van der Waals surface area contributed by atoms with Crippen molar-refractivity contribution in [2.24, 2.45) is 0 Å². The highest BCUT2D eigenvalue weighted by atomic mass is 32.2. The fourth-order valence-corrected chi connectivity index (χ4v) is 1.03. The number of hydrogen-bond donors (Lipinski definition) is 0. The molecule has 0 atom stereocenters. The lowest BCUT2D eigenvalue weighted by Gasteiger charge is -2.14. The van der Waals surface area contributed by atoms with Crippen LogP contribution in [0.15, 0.2) is 11.0 Å². The number of hydrogen-bond acceptors (Lipinski definition) is 2. The monoisotopic (exact) mass is 177 g/mol. The molecule has 0 spiro atoms. The second kappa shape index (κ2) is 3.72. The Morgan fingerprint density at radius 1 is 1.36 bits per heavy atom. The molecule has 0 aromatic carbocycles. The van der Waals surface area contributed by atoms with Crippen LogP contribution in [0.4, 0.5) is 8.78 Å². The van der Waals surface area contributed by atoms with Crippen LogP contribution < -0.4 is 0 Å². The van der Waals surface area contributed by atoms with Crippen molar-refractivity contribution in [3.05, 3.63) is 11.0 Å². The third-order valence-electron chi connectivity index (χ3n) is 0.667. The van der Waals surface area contributed by atoms with E-state index in [9.17, 15) is 8.78 Å². The average Bonchev–Trinajstić information content (AvgIpc) is 1.82. The molecular weight excluding hydrogens is 168 g/mol. The van der Waals surface area contributed by atoms with Gasteiger partial charge in [0.25, 0.3) is 0 Å². The van der Waals surface area contributed by atoms with Crippen molar-refractivity contribution < 1.29 is 8.78 Å². The van der Waals surface area contributed by atoms with E-state index in [1.165, 1.54) is 0 Å². The SMILES string of the molecule is CC(C)(C)S/C(F)=C(\F)C#N. The Morgan fingerprint density at radius 2 is 1.82 bits per heavy atom. The minimum atomic E-state index is -1.34. The summed E-state index contributed by atoms with van der Waals surface area (Å²) in [6.45, 7) is 5.21. The van der Waals surface area contributed by atoms with Gasteiger partial charge in [0.1, 0.15) is 6.07 Å². The van der Waals surface area contributed by atoms with Gasteiger partial charge in [0.05, 0.1) is 0 Å². The molecule has 0 aliphatic heterocycles. The van der Waals surface area contributed by atoms with Crippen molar-refractivity contribution in [1.82, 2.24) is 0 Å². The Labute approximate surface area is 69.1 Å². The summed E-state index contributed by atoms with van der Waals surface area (Å²) in [6.07, 6.45) is 0. The zero-order valence-corrected chi connectivity index (χ0v) is 7.43. The van der Waals surface area contributed by atoms with E-state index >= 15 is 0 Å². The molecule has 1 nitrogen and oxygen atoms in total. The summed E-state index contributed by atoms with van der Waals surface area (Å²) in [5.41, 5.74) is 0. The maximum Gasteiger partial charge on any atom is 0.242 e. The number of halogens is 2. The first-order valence-electron chi connectivity index (χ1n) is 3.01. The summed E-state index contributed by atoms with van der Waals surface area (Å²) in [6, 6.07) is 1.10. The normalized spacial score (nSPS) is 13.8. The van der Waals surface area contributed by atoms with Crippen LogP contribution in [0.2, 0.25) is 0 Å². The molecule has 0 aromatic heterocycles. The third-order valence-corrected chi connectivity index (χ3v) is 1.64. The van der Waals surface area contributed by atoms with Gasteiger partial charge in [-0.1, -0.05) is 32.5 Å². The zero-order valence-electron chi connectivity index (χ0n) is 6.61. The Balaban J connectivity index is 4.32. The molecule has 0 radical (unpaired) electrons. The maximum atomic E-state index is 12.5. The molecular formula is C7H9F2NS. The van der Waals surface area contributed by atoms with E-state index in [1.54, 1.807) is 20.8 Å². The topological polar surface area (TPSA) is 23.8 Å². The Kier molecular flexibility index (Phi) is 3.53. The molecule has 0 saturated heterocycles. The number of allylic oxidation sites excluding steroid dienone is 1. The number of nitriles is 1. The van der Waals surface area contributed by atoms with Gasteiger partial charge < -0.3 is 0 Å². The average molecular weight is 177 g/mol. The number of nitrogens with zero attached hydrogens (tertiary/aromatic N) is 1. The van der Waals surface area contributed by atoms with Crippen molar-refractivity contribution in [2.75, 3.05) is 0 Å². The molecule has 0 N–H and O–H groups in total. The van der Waals surface area contributed by atoms with E-state index < -0.39 is 15.7 Å². The first-order chi connectivity index (χ1) is 4.87. The molecule has 0 fully saturated rings. The van der Waals surface area contributed by atoms with E-state index in [0.717, 1.165) is 6.07 Å². The fourth-order valence-electron chi connectivity index (χ4n) is 0.358. The predicted molar refractivity (Wildman–Crippen MR) is 42.2 cm³/mol. The zero-order chi connectivity index (χ0) is 9.07. The lowest BCUT2D eigenvalue weighted by molar-refractivity contribution is 0.594. The second-order valence-corrected chi connectivity index (χ2v) is 4.70. The predicted octanol–water partition coefficient (Wildman–Crippen LogP) is 3.15. The highest BCUT2D eigenvalue weighted by Crippen LogP contribution is 2.33. The van der Waals surface area contributed by atoms with Gasteiger partial charge in [0.15, 0.2) is 0 Å². The van der Waals surface area contributed by atoms with Crippen molar-refractivity contribution in [3.8, 4) is 6.07 Å². The molecule has 4 heteroatoms. The van der Waals surface area contributed by atoms with E-state index in [4.69, 9.17) is 5.26 Å². The highest BCUT2D eigenvalue weighted by Gasteiger charge is 2.17. The summed E-state index contributed by atoms with van der Waals surface area (Å²) in [5.74, 6) is -1.34. The van der Waals surface area contributed by atoms with Crippen molar-refractivity contribution in [1.29, 1.82) is 5.26 Å². The van der Waals surface area contributed by atoms with Crippen LogP contribution in [0.25, 0.3) is 0 Å². The van der Waals surface area contributed by atoms with Gasteiger partial charge in [-0.25, -0.2) is 0 Å². The molecule has 0 heterocycles. The molecule has 0 bridgehead atoms. The van der Waals surface area contributed by atoms with Gasteiger partial charge in [-0.3, -0.25) is 0 Å². The van der Waals surface area contributed by atoms with Crippen LogP contribution in [0.5, 0.6) is 0 Å². The summed E-state index contributed by atoms with van der Waals surface area (Å²) in [4.78, 5) is 0. The minimum Gasteiger partial charge on any atom is -0.195 e. The summed E-state index contributed by atoms with van der Waals surface area (Å²) >= 11 is 0.705. The molecule has 0 amide bonds. The van der Waals surface area contributed by atoms with Crippen LogP contribution in [0.1, 0.15) is 20.8 Å². The van der Waals surface area contributed by atoms with Crippen molar-refractivity contribution in [3.63, 3.8) is 0 Å². The summed E-state index contributed by atoms with van der Waals surface area (Å²) in [7, 11) is 0. The van der Waals surface area contributed by atoms with E-state index in [1.807, 2.05) is 0 Å². The van der Waals surface area contributed by atoms with Crippen LogP contribution in [0, 0.1) is 11.3 Å². The third kappa shape index (κ3) is 4.79. The molecule has 0 aliphatic rings. The van der Waals surface area contributed by atoms with Gasteiger partial charge in [0.2, 0.25) is 11.0 Å². The van der Waals surface area contributed by atoms with E-state index in [-0.39, 0.29) is 0 Å². The van der Waals surface area contributed by atoms with Crippen LogP contribution >= 0.6 is 11.8 Å². The van der Waals surface area contributed by atoms with Gasteiger partial charge >= 0.3 is 0 Å². The Hall–Kier alpha value is -0.560. The second-order valence-electron chi connectivity index (χ2n) is 2.91. The van der Waals surface area contributed by atoms with Gasteiger partial charge in [-0.15, -0.1) is 0 Å². The van der Waals surface area contributed by atoms with Gasteiger partial charge in [0, 0.05) is 4.75 Å². The molecule has 0 unspecified atom stereocenters. The van der Waals surface area contributed by atoms with Crippen LogP contribution in [0.3, 0.4) is 0 Å². The van der Waals surface area contributed by atoms with E-state index in [2.05, 4.69) is 0 Å². The Bertz CT molecular complexity index is 209. The quantitative estimate of drug-likeness (QED) is 0.574. The molecule has 11 heavy (non-hydrogen) atoms. The van der Waals surface area contributed by atoms with Crippen molar-refractivity contribution >= 4 is 11.8 Å². The van der Waals surface area contributed by atoms with E-state index in [0.29, 0.717) is 11.8 Å². The smallest absolute Gasteiger partial charge is 0.195 e. The number of rotatable bonds is 1. The maximum absolute atomic E-state index is 12.5. The molecule has 62 valence electrons. The van der Waals surface area contributed by atoms with Gasteiger partial charge in [-0.2, -0.15) is 14.0 Å². The van der Waals surface area contributed by atoms with Crippen LogP contribution in [-0.4, -0.2) is 4.75 Å². The largest absolute Gasteiger partial charge is 0.242 e. The van der Waals surface area contributed by atoms with Gasteiger partial charge in [-0.05, 0) is 0 Å². The number of thioether (sulfide) groups is 1.